The van der Waals surface area contributed by atoms with Crippen molar-refractivity contribution in [2.45, 2.75) is 18.7 Å². The Labute approximate surface area is 197 Å². The third-order valence-electron chi connectivity index (χ3n) is 5.36. The van der Waals surface area contributed by atoms with Crippen LogP contribution in [0.25, 0.3) is 10.9 Å². The maximum absolute atomic E-state index is 12.8. The van der Waals surface area contributed by atoms with E-state index >= 15 is 0 Å². The summed E-state index contributed by atoms with van der Waals surface area (Å²) < 4.78 is 50.0. The molecule has 3 aromatic heterocycles. The average molecular weight is 493 g/mol. The molecule has 0 aliphatic heterocycles. The van der Waals surface area contributed by atoms with E-state index in [2.05, 4.69) is 15.0 Å². The molecule has 3 heterocycles. The van der Waals surface area contributed by atoms with E-state index in [-0.39, 0.29) is 22.0 Å². The van der Waals surface area contributed by atoms with Gasteiger partial charge in [0, 0.05) is 29.9 Å². The summed E-state index contributed by atoms with van der Waals surface area (Å²) in [6.07, 6.45) is 0.0445. The van der Waals surface area contributed by atoms with Crippen molar-refractivity contribution in [3.05, 3.63) is 76.6 Å². The van der Waals surface area contributed by atoms with Gasteiger partial charge in [-0.25, -0.2) is 9.97 Å². The van der Waals surface area contributed by atoms with Crippen molar-refractivity contribution in [1.82, 2.24) is 19.5 Å². The van der Waals surface area contributed by atoms with Gasteiger partial charge in [0.05, 0.1) is 35.9 Å². The Hall–Kier alpha value is -3.37. The van der Waals surface area contributed by atoms with E-state index in [9.17, 15) is 18.3 Å². The number of pyridine rings is 2. The van der Waals surface area contributed by atoms with Crippen molar-refractivity contribution in [3.8, 4) is 11.6 Å². The lowest BCUT2D eigenvalue weighted by Gasteiger charge is -2.30. The van der Waals surface area contributed by atoms with Gasteiger partial charge in [0.1, 0.15) is 0 Å². The second kappa shape index (κ2) is 8.77. The van der Waals surface area contributed by atoms with E-state index in [0.29, 0.717) is 22.3 Å². The molecule has 4 rings (SSSR count). The summed E-state index contributed by atoms with van der Waals surface area (Å²) in [5, 5.41) is 12.2. The van der Waals surface area contributed by atoms with Gasteiger partial charge in [0.15, 0.2) is 12.2 Å². The Balaban J connectivity index is 1.93. The van der Waals surface area contributed by atoms with Gasteiger partial charge in [-0.3, -0.25) is 4.98 Å². The summed E-state index contributed by atoms with van der Waals surface area (Å²) in [7, 11) is 2.99. The maximum atomic E-state index is 12.8. The normalized spacial score (nSPS) is 13.6. The Morgan fingerprint density at radius 2 is 1.85 bits per heavy atom. The Morgan fingerprint density at radius 3 is 2.44 bits per heavy atom. The minimum atomic E-state index is -4.58. The highest BCUT2D eigenvalue weighted by atomic mass is 35.5. The number of aryl methyl sites for hydroxylation is 2. The zero-order valence-corrected chi connectivity index (χ0v) is 19.1. The van der Waals surface area contributed by atoms with Crippen molar-refractivity contribution >= 4 is 22.5 Å². The predicted octanol–water partition coefficient (Wildman–Crippen LogP) is 4.56. The highest BCUT2D eigenvalue weighted by Crippen LogP contribution is 2.43. The smallest absolute Gasteiger partial charge is 0.422 e. The molecule has 178 valence electrons. The van der Waals surface area contributed by atoms with Crippen LogP contribution in [0.3, 0.4) is 0 Å². The van der Waals surface area contributed by atoms with E-state index in [1.807, 2.05) is 6.92 Å². The van der Waals surface area contributed by atoms with Crippen LogP contribution in [0, 0.1) is 6.92 Å². The summed E-state index contributed by atoms with van der Waals surface area (Å²) in [6, 6.07) is 8.30. The minimum absolute atomic E-state index is 0.123. The zero-order chi connectivity index (χ0) is 24.7. The molecule has 0 amide bonds. The number of fused-ring (bicyclic) bond motifs is 1. The number of aliphatic hydroxyl groups is 1. The summed E-state index contributed by atoms with van der Waals surface area (Å²) in [5.74, 6) is -0.522. The summed E-state index contributed by atoms with van der Waals surface area (Å²) in [4.78, 5) is 12.7. The van der Waals surface area contributed by atoms with Crippen molar-refractivity contribution in [2.24, 2.45) is 7.05 Å². The van der Waals surface area contributed by atoms with Crippen LogP contribution < -0.4 is 9.47 Å². The molecule has 1 N–H and O–H groups in total. The summed E-state index contributed by atoms with van der Waals surface area (Å²) in [5.41, 5.74) is 0.705. The number of hydrogen-bond donors (Lipinski definition) is 1. The summed E-state index contributed by atoms with van der Waals surface area (Å²) >= 11 is 6.48. The molecule has 0 saturated heterocycles. The van der Waals surface area contributed by atoms with Gasteiger partial charge < -0.3 is 19.1 Å². The third-order valence-corrected chi connectivity index (χ3v) is 5.73. The molecule has 1 aromatic carbocycles. The number of rotatable bonds is 6. The lowest BCUT2D eigenvalue weighted by Crippen LogP contribution is -2.31. The first-order valence-corrected chi connectivity index (χ1v) is 10.4. The highest BCUT2D eigenvalue weighted by molar-refractivity contribution is 6.37. The molecule has 0 radical (unpaired) electrons. The first-order chi connectivity index (χ1) is 16.0. The lowest BCUT2D eigenvalue weighted by atomic mass is 9.83. The predicted molar refractivity (Wildman–Crippen MR) is 119 cm³/mol. The number of benzene rings is 1. The van der Waals surface area contributed by atoms with Crippen LogP contribution in [0.5, 0.6) is 11.6 Å². The molecule has 7 nitrogen and oxygen atoms in total. The average Bonchev–Trinajstić information content (AvgIpc) is 3.23. The van der Waals surface area contributed by atoms with Gasteiger partial charge in [-0.05, 0) is 30.7 Å². The Kier molecular flexibility index (Phi) is 6.13. The third kappa shape index (κ3) is 4.26. The number of hydrogen-bond acceptors (Lipinski definition) is 6. The van der Waals surface area contributed by atoms with Gasteiger partial charge >= 0.3 is 6.18 Å². The topological polar surface area (TPSA) is 82.3 Å². The molecule has 0 fully saturated rings. The zero-order valence-electron chi connectivity index (χ0n) is 18.4. The van der Waals surface area contributed by atoms with Gasteiger partial charge in [-0.15, -0.1) is 0 Å². The van der Waals surface area contributed by atoms with Gasteiger partial charge in [-0.2, -0.15) is 13.2 Å². The lowest BCUT2D eigenvalue weighted by molar-refractivity contribution is -0.153. The largest absolute Gasteiger partial charge is 0.478 e. The van der Waals surface area contributed by atoms with E-state index in [1.54, 1.807) is 54.5 Å². The molecular formula is C23H20ClF3N4O3. The number of nitrogens with zero attached hydrogens (tertiary/aromatic N) is 4. The standard InChI is InChI=1S/C23H20ClF3N4O3/c1-13-4-5-15(9-29-13)23(32,18-10-28-12-31(18)2)14-6-7-17-16(8-14)19(24)20(21(30-17)33-3)34-11-22(25,26)27/h4-10,12,32H,11H2,1-3H3. The van der Waals surface area contributed by atoms with Crippen molar-refractivity contribution in [1.29, 1.82) is 0 Å². The molecule has 0 aliphatic rings. The fraction of sp³-hybridized carbons (Fsp3) is 0.261. The monoisotopic (exact) mass is 492 g/mol. The fourth-order valence-corrected chi connectivity index (χ4v) is 3.97. The molecule has 0 aliphatic carbocycles. The number of imidazole rings is 1. The van der Waals surface area contributed by atoms with E-state index < -0.39 is 18.4 Å². The summed E-state index contributed by atoms with van der Waals surface area (Å²) in [6.45, 7) is 0.258. The second-order valence-corrected chi connectivity index (χ2v) is 8.07. The minimum Gasteiger partial charge on any atom is -0.478 e. The SMILES string of the molecule is COc1nc2ccc(C(O)(c3ccc(C)nc3)c3cncn3C)cc2c(Cl)c1OCC(F)(F)F. The van der Waals surface area contributed by atoms with Crippen LogP contribution in [-0.4, -0.2) is 44.5 Å². The molecule has 1 atom stereocenters. The molecule has 11 heteroatoms. The molecule has 0 spiro atoms. The van der Waals surface area contributed by atoms with Gasteiger partial charge in [0.25, 0.3) is 5.88 Å². The molecule has 4 aromatic rings. The quantitative estimate of drug-likeness (QED) is 0.425. The van der Waals surface area contributed by atoms with Crippen molar-refractivity contribution in [3.63, 3.8) is 0 Å². The van der Waals surface area contributed by atoms with Crippen molar-refractivity contribution in [2.75, 3.05) is 13.7 Å². The fourth-order valence-electron chi connectivity index (χ4n) is 3.68. The first kappa shape index (κ1) is 23.8. The maximum Gasteiger partial charge on any atom is 0.422 e. The number of halogens is 4. The van der Waals surface area contributed by atoms with Crippen LogP contribution in [0.4, 0.5) is 13.2 Å². The number of ether oxygens (including phenoxy) is 2. The van der Waals surface area contributed by atoms with Gasteiger partial charge in [0.2, 0.25) is 5.75 Å². The molecular weight excluding hydrogens is 473 g/mol. The van der Waals surface area contributed by atoms with Crippen LogP contribution in [0.2, 0.25) is 5.02 Å². The van der Waals surface area contributed by atoms with E-state index in [4.69, 9.17) is 21.1 Å². The van der Waals surface area contributed by atoms with Gasteiger partial charge in [-0.1, -0.05) is 23.7 Å². The molecule has 34 heavy (non-hydrogen) atoms. The Morgan fingerprint density at radius 1 is 1.12 bits per heavy atom. The Bertz CT molecular complexity index is 1340. The number of alkyl halides is 3. The van der Waals surface area contributed by atoms with Crippen LogP contribution in [0.15, 0.2) is 49.1 Å². The van der Waals surface area contributed by atoms with Crippen LogP contribution in [-0.2, 0) is 12.6 Å². The molecule has 1 unspecified atom stereocenters. The van der Waals surface area contributed by atoms with E-state index in [1.165, 1.54) is 13.3 Å². The number of methoxy groups -OCH3 is 1. The highest BCUT2D eigenvalue weighted by Gasteiger charge is 2.37. The number of aromatic nitrogens is 4. The second-order valence-electron chi connectivity index (χ2n) is 7.69. The van der Waals surface area contributed by atoms with Crippen LogP contribution >= 0.6 is 11.6 Å². The first-order valence-electron chi connectivity index (χ1n) is 10.0. The van der Waals surface area contributed by atoms with Crippen LogP contribution in [0.1, 0.15) is 22.5 Å². The van der Waals surface area contributed by atoms with Crippen molar-refractivity contribution < 1.29 is 27.8 Å². The molecule has 0 bridgehead atoms. The molecule has 0 saturated carbocycles. The van der Waals surface area contributed by atoms with E-state index in [0.717, 1.165) is 5.69 Å².